The van der Waals surface area contributed by atoms with Crippen LogP contribution in [-0.2, 0) is 27.4 Å². The van der Waals surface area contributed by atoms with E-state index in [4.69, 9.17) is 9.39 Å². The molecule has 1 aliphatic heterocycles. The predicted molar refractivity (Wildman–Crippen MR) is 111 cm³/mol. The zero-order valence-electron chi connectivity index (χ0n) is 17.2. The van der Waals surface area contributed by atoms with Gasteiger partial charge in [0.15, 0.2) is 0 Å². The Morgan fingerprint density at radius 1 is 1.17 bits per heavy atom. The van der Waals surface area contributed by atoms with Gasteiger partial charge in [-0.05, 0) is 48.0 Å². The zero-order chi connectivity index (χ0) is 21.1. The van der Waals surface area contributed by atoms with E-state index in [1.54, 1.807) is 19.1 Å². The molecule has 0 aliphatic carbocycles. The summed E-state index contributed by atoms with van der Waals surface area (Å²) in [5, 5.41) is 12.8. The second-order valence-electron chi connectivity index (χ2n) is 7.76. The molecule has 0 radical (unpaired) electrons. The first kappa shape index (κ1) is 21.1. The Morgan fingerprint density at radius 2 is 1.86 bits per heavy atom. The molecular weight excluding hydrogens is 369 g/mol. The van der Waals surface area contributed by atoms with Crippen molar-refractivity contribution in [2.75, 3.05) is 0 Å². The van der Waals surface area contributed by atoms with Crippen LogP contribution in [0, 0.1) is 19.8 Å². The average Bonchev–Trinajstić information content (AvgIpc) is 3.07. The Balaban J connectivity index is 1.70. The SMILES string of the molecule is Cc1ccc(COC(=O)[C@@H](NC(=O)c2ccc3c(c2C)B(O)OC3)C(C)C)cc1. The summed E-state index contributed by atoms with van der Waals surface area (Å²) in [4.78, 5) is 25.5. The third kappa shape index (κ3) is 4.69. The van der Waals surface area contributed by atoms with Gasteiger partial charge >= 0.3 is 13.1 Å². The third-order valence-corrected chi connectivity index (χ3v) is 5.20. The highest BCUT2D eigenvalue weighted by atomic mass is 16.5. The maximum Gasteiger partial charge on any atom is 0.492 e. The summed E-state index contributed by atoms with van der Waals surface area (Å²) < 4.78 is 10.7. The average molecular weight is 395 g/mol. The largest absolute Gasteiger partial charge is 0.492 e. The molecule has 0 saturated carbocycles. The van der Waals surface area contributed by atoms with Crippen molar-refractivity contribution in [2.24, 2.45) is 5.92 Å². The summed E-state index contributed by atoms with van der Waals surface area (Å²) in [5.41, 5.74) is 4.57. The number of esters is 1. The quantitative estimate of drug-likeness (QED) is 0.578. The number of amides is 1. The van der Waals surface area contributed by atoms with E-state index in [0.29, 0.717) is 23.2 Å². The fraction of sp³-hybridized carbons (Fsp3) is 0.364. The number of benzene rings is 2. The van der Waals surface area contributed by atoms with Crippen LogP contribution < -0.4 is 10.8 Å². The van der Waals surface area contributed by atoms with Crippen molar-refractivity contribution in [1.82, 2.24) is 5.32 Å². The van der Waals surface area contributed by atoms with Crippen molar-refractivity contribution in [3.05, 3.63) is 64.2 Å². The summed E-state index contributed by atoms with van der Waals surface area (Å²) in [6.07, 6.45) is 0. The number of fused-ring (bicyclic) bond motifs is 1. The minimum absolute atomic E-state index is 0.145. The smallest absolute Gasteiger partial charge is 0.459 e. The molecule has 152 valence electrons. The molecule has 1 atom stereocenters. The molecule has 0 bridgehead atoms. The first-order valence-electron chi connectivity index (χ1n) is 9.73. The molecule has 2 N–H and O–H groups in total. The van der Waals surface area contributed by atoms with Gasteiger partial charge in [0, 0.05) is 5.56 Å². The highest BCUT2D eigenvalue weighted by molar-refractivity contribution is 6.62. The second-order valence-corrected chi connectivity index (χ2v) is 7.76. The standard InChI is InChI=1S/C22H26BNO5/c1-13(2)20(22(26)28-11-16-7-5-14(3)6-8-16)24-21(25)18-10-9-17-12-29-23(27)19(17)15(18)4/h5-10,13,20,27H,11-12H2,1-4H3,(H,24,25)/t20-/m0/s1. The van der Waals surface area contributed by atoms with E-state index in [2.05, 4.69) is 5.32 Å². The molecular formula is C22H26BNO5. The molecule has 0 saturated heterocycles. The fourth-order valence-corrected chi connectivity index (χ4v) is 3.40. The van der Waals surface area contributed by atoms with Gasteiger partial charge in [0.2, 0.25) is 0 Å². The monoisotopic (exact) mass is 395 g/mol. The number of carbonyl (C=O) groups is 2. The minimum Gasteiger partial charge on any atom is -0.459 e. The van der Waals surface area contributed by atoms with Crippen LogP contribution in [0.4, 0.5) is 0 Å². The Kier molecular flexibility index (Phi) is 6.40. The molecule has 1 amide bonds. The van der Waals surface area contributed by atoms with Crippen molar-refractivity contribution in [2.45, 2.75) is 47.0 Å². The molecule has 0 unspecified atom stereocenters. The van der Waals surface area contributed by atoms with E-state index < -0.39 is 19.1 Å². The van der Waals surface area contributed by atoms with Crippen LogP contribution in [0.3, 0.4) is 0 Å². The predicted octanol–water partition coefficient (Wildman–Crippen LogP) is 2.02. The Labute approximate surface area is 171 Å². The van der Waals surface area contributed by atoms with E-state index in [9.17, 15) is 14.6 Å². The maximum absolute atomic E-state index is 12.9. The molecule has 0 aromatic heterocycles. The number of nitrogens with one attached hydrogen (secondary N) is 1. The van der Waals surface area contributed by atoms with Crippen molar-refractivity contribution in [1.29, 1.82) is 0 Å². The van der Waals surface area contributed by atoms with Gasteiger partial charge in [0.05, 0.1) is 6.61 Å². The van der Waals surface area contributed by atoms with Crippen molar-refractivity contribution >= 4 is 24.5 Å². The number of hydrogen-bond acceptors (Lipinski definition) is 5. The van der Waals surface area contributed by atoms with Crippen LogP contribution in [0.15, 0.2) is 36.4 Å². The highest BCUT2D eigenvalue weighted by Gasteiger charge is 2.32. The topological polar surface area (TPSA) is 84.9 Å². The minimum atomic E-state index is -1.03. The van der Waals surface area contributed by atoms with Gasteiger partial charge in [-0.3, -0.25) is 4.79 Å². The van der Waals surface area contributed by atoms with Crippen molar-refractivity contribution in [3.8, 4) is 0 Å². The van der Waals surface area contributed by atoms with Crippen LogP contribution in [0.25, 0.3) is 0 Å². The van der Waals surface area contributed by atoms with Gasteiger partial charge in [-0.15, -0.1) is 0 Å². The van der Waals surface area contributed by atoms with Crippen LogP contribution in [0.2, 0.25) is 0 Å². The normalized spacial score (nSPS) is 13.9. The number of rotatable bonds is 6. The van der Waals surface area contributed by atoms with E-state index in [-0.39, 0.29) is 18.4 Å². The molecule has 6 nitrogen and oxygen atoms in total. The van der Waals surface area contributed by atoms with Crippen molar-refractivity contribution in [3.63, 3.8) is 0 Å². The first-order valence-corrected chi connectivity index (χ1v) is 9.73. The fourth-order valence-electron chi connectivity index (χ4n) is 3.40. The van der Waals surface area contributed by atoms with Crippen LogP contribution in [0.5, 0.6) is 0 Å². The first-order chi connectivity index (χ1) is 13.8. The Morgan fingerprint density at radius 3 is 2.52 bits per heavy atom. The number of aryl methyl sites for hydroxylation is 1. The summed E-state index contributed by atoms with van der Waals surface area (Å²) in [5.74, 6) is -1.00. The van der Waals surface area contributed by atoms with Crippen LogP contribution in [0.1, 0.15) is 46.5 Å². The van der Waals surface area contributed by atoms with E-state index >= 15 is 0 Å². The molecule has 2 aromatic carbocycles. The molecule has 2 aromatic rings. The number of carbonyl (C=O) groups excluding carboxylic acids is 2. The number of hydrogen-bond donors (Lipinski definition) is 2. The maximum atomic E-state index is 12.9. The molecule has 3 rings (SSSR count). The lowest BCUT2D eigenvalue weighted by Gasteiger charge is -2.22. The molecule has 1 aliphatic rings. The summed E-state index contributed by atoms with van der Waals surface area (Å²) in [6.45, 7) is 7.94. The summed E-state index contributed by atoms with van der Waals surface area (Å²) in [7, 11) is -1.03. The highest BCUT2D eigenvalue weighted by Crippen LogP contribution is 2.17. The Hall–Kier alpha value is -2.64. The van der Waals surface area contributed by atoms with Gasteiger partial charge in [0.1, 0.15) is 12.6 Å². The molecule has 29 heavy (non-hydrogen) atoms. The van der Waals surface area contributed by atoms with Gasteiger partial charge in [-0.25, -0.2) is 4.79 Å². The molecule has 0 fully saturated rings. The van der Waals surface area contributed by atoms with Gasteiger partial charge in [-0.1, -0.05) is 49.7 Å². The van der Waals surface area contributed by atoms with E-state index in [0.717, 1.165) is 16.7 Å². The zero-order valence-corrected chi connectivity index (χ0v) is 17.2. The lowest BCUT2D eigenvalue weighted by Crippen LogP contribution is -2.46. The molecule has 7 heteroatoms. The van der Waals surface area contributed by atoms with Crippen LogP contribution >= 0.6 is 0 Å². The number of ether oxygens (including phenoxy) is 1. The van der Waals surface area contributed by atoms with Gasteiger partial charge < -0.3 is 19.7 Å². The second kappa shape index (κ2) is 8.80. The molecule has 1 heterocycles. The summed E-state index contributed by atoms with van der Waals surface area (Å²) >= 11 is 0. The summed E-state index contributed by atoms with van der Waals surface area (Å²) in [6, 6.07) is 10.4. The van der Waals surface area contributed by atoms with Crippen LogP contribution in [-0.4, -0.2) is 30.1 Å². The third-order valence-electron chi connectivity index (χ3n) is 5.20. The lowest BCUT2D eigenvalue weighted by atomic mass is 9.75. The van der Waals surface area contributed by atoms with Crippen molar-refractivity contribution < 1.29 is 24.0 Å². The lowest BCUT2D eigenvalue weighted by molar-refractivity contribution is -0.148. The van der Waals surface area contributed by atoms with Gasteiger partial charge in [0.25, 0.3) is 5.91 Å². The Bertz CT molecular complexity index is 910. The van der Waals surface area contributed by atoms with E-state index in [1.165, 1.54) is 0 Å². The van der Waals surface area contributed by atoms with E-state index in [1.807, 2.05) is 45.0 Å². The van der Waals surface area contributed by atoms with Gasteiger partial charge in [-0.2, -0.15) is 0 Å². The molecule has 0 spiro atoms.